The molecule has 0 aliphatic carbocycles. The van der Waals surface area contributed by atoms with E-state index in [2.05, 4.69) is 20.1 Å². The van der Waals surface area contributed by atoms with Crippen LogP contribution in [0.1, 0.15) is 60.4 Å². The average molecular weight is 939 g/mol. The zero-order valence-corrected chi connectivity index (χ0v) is 37.7. The normalized spacial score (nSPS) is 12.6. The Balaban J connectivity index is 0.000000292. The number of Topliss-reactive ketones (excluding diaryl/α,β-unsaturated/α-hetero) is 1. The number of hydrogen-bond acceptors (Lipinski definition) is 10. The quantitative estimate of drug-likeness (QED) is 0.0350. The van der Waals surface area contributed by atoms with Crippen molar-refractivity contribution < 1.29 is 56.5 Å². The van der Waals surface area contributed by atoms with Gasteiger partial charge in [0, 0.05) is 33.6 Å². The van der Waals surface area contributed by atoms with Crippen molar-refractivity contribution in [3.63, 3.8) is 0 Å². The van der Waals surface area contributed by atoms with Gasteiger partial charge in [-0.2, -0.15) is 0 Å². The van der Waals surface area contributed by atoms with Gasteiger partial charge in [-0.3, -0.25) is 4.79 Å². The highest BCUT2D eigenvalue weighted by atomic mass is 35.5. The number of ketones is 1. The largest absolute Gasteiger partial charge is 0.480 e. The predicted molar refractivity (Wildman–Crippen MR) is 242 cm³/mol. The lowest BCUT2D eigenvalue weighted by Gasteiger charge is -2.21. The molecule has 5 rings (SSSR count). The number of hydrogen-bond donors (Lipinski definition) is 4. The number of carbonyl (C=O) groups excluding carboxylic acids is 4. The van der Waals surface area contributed by atoms with E-state index in [1.54, 1.807) is 55.5 Å². The standard InChI is InChI=1S/C27H27ClFNO6.C21H24ClFN2O4/c1-3-16-13-25(36-15-16)24(31)12-18(11-23(26(32)33)30-27(34)35-2)10-17-4-6-19(7-5-17)21-14-20(28)8-9-22(21)29;1-3-29-20(26)19(25-21(27)28-2)12-16(24)10-13-4-6-14(7-5-13)17-11-15(22)8-9-18(17)23/h4-9,13-15,18,23H,3,10-12H2,1-2H3,(H,30,34)(H,32,33);4-9,11,16,19H,3,10,12,24H2,1-2H3,(H,25,27)/t18-,23-;16-,19-/m11/s1. The van der Waals surface area contributed by atoms with Crippen molar-refractivity contribution in [3.8, 4) is 22.3 Å². The Labute approximate surface area is 385 Å². The van der Waals surface area contributed by atoms with Crippen LogP contribution >= 0.6 is 23.2 Å². The van der Waals surface area contributed by atoms with Crippen LogP contribution in [0.15, 0.2) is 102 Å². The molecule has 1 heterocycles. The number of alkyl carbamates (subject to hydrolysis) is 2. The molecular weight excluding hydrogens is 887 g/mol. The fourth-order valence-corrected chi connectivity index (χ4v) is 7.17. The number of amides is 2. The third kappa shape index (κ3) is 16.0. The van der Waals surface area contributed by atoms with E-state index >= 15 is 0 Å². The molecule has 0 unspecified atom stereocenters. The van der Waals surface area contributed by atoms with Crippen LogP contribution < -0.4 is 16.4 Å². The summed E-state index contributed by atoms with van der Waals surface area (Å²) in [5.74, 6) is -3.07. The topological polar surface area (TPSA) is 196 Å². The predicted octanol–water partition coefficient (Wildman–Crippen LogP) is 9.63. The van der Waals surface area contributed by atoms with Gasteiger partial charge in [0.15, 0.2) is 11.5 Å². The van der Waals surface area contributed by atoms with E-state index in [9.17, 15) is 37.9 Å². The number of halogens is 4. The molecule has 0 aliphatic heterocycles. The fourth-order valence-electron chi connectivity index (χ4n) is 6.82. The molecule has 0 aliphatic rings. The maximum atomic E-state index is 14.2. The van der Waals surface area contributed by atoms with Gasteiger partial charge in [0.05, 0.1) is 27.1 Å². The zero-order chi connectivity index (χ0) is 47.6. The van der Waals surface area contributed by atoms with Gasteiger partial charge in [-0.1, -0.05) is 78.7 Å². The van der Waals surface area contributed by atoms with Crippen LogP contribution in [0, 0.1) is 17.6 Å². The van der Waals surface area contributed by atoms with Crippen LogP contribution in [-0.2, 0) is 43.1 Å². The summed E-state index contributed by atoms with van der Waals surface area (Å²) in [5, 5.41) is 15.2. The lowest BCUT2D eigenvalue weighted by molar-refractivity contribution is -0.145. The first kappa shape index (κ1) is 51.3. The SMILES string of the molecule is CCOC(=O)[C@@H](C[C@H](N)Cc1ccc(-c2cc(Cl)ccc2F)cc1)NC(=O)OC.CCc1coc(C(=O)C[C@H](Cc2ccc(-c3cc(Cl)ccc3F)cc2)C[C@@H](NC(=O)OC)C(=O)O)c1. The third-order valence-electron chi connectivity index (χ3n) is 10.2. The Morgan fingerprint density at radius 3 is 1.68 bits per heavy atom. The summed E-state index contributed by atoms with van der Waals surface area (Å²) >= 11 is 12.0. The van der Waals surface area contributed by atoms with Crippen molar-refractivity contribution >= 4 is 53.1 Å². The lowest BCUT2D eigenvalue weighted by Crippen LogP contribution is -2.45. The number of carboxylic acid groups (broad SMARTS) is 1. The van der Waals surface area contributed by atoms with Crippen molar-refractivity contribution in [3.05, 3.63) is 141 Å². The molecule has 346 valence electrons. The number of ether oxygens (including phenoxy) is 3. The van der Waals surface area contributed by atoms with E-state index < -0.39 is 54.0 Å². The van der Waals surface area contributed by atoms with Crippen LogP contribution in [-0.4, -0.2) is 74.0 Å². The van der Waals surface area contributed by atoms with E-state index in [1.807, 2.05) is 19.1 Å². The maximum Gasteiger partial charge on any atom is 0.407 e. The van der Waals surface area contributed by atoms with Gasteiger partial charge in [-0.25, -0.2) is 28.0 Å². The van der Waals surface area contributed by atoms with Crippen LogP contribution in [0.2, 0.25) is 10.0 Å². The Bertz CT molecular complexity index is 2400. The summed E-state index contributed by atoms with van der Waals surface area (Å²) in [7, 11) is 2.35. The van der Waals surface area contributed by atoms with Crippen molar-refractivity contribution in [2.45, 2.75) is 70.5 Å². The number of rotatable bonds is 19. The van der Waals surface area contributed by atoms with Gasteiger partial charge in [0.25, 0.3) is 0 Å². The number of aryl methyl sites for hydroxylation is 1. The molecule has 5 N–H and O–H groups in total. The molecule has 0 spiro atoms. The number of nitrogens with one attached hydrogen (secondary N) is 2. The number of benzene rings is 4. The smallest absolute Gasteiger partial charge is 0.407 e. The second-order valence-corrected chi connectivity index (χ2v) is 15.8. The summed E-state index contributed by atoms with van der Waals surface area (Å²) in [5.41, 5.74) is 10.9. The second-order valence-electron chi connectivity index (χ2n) is 14.9. The minimum absolute atomic E-state index is 0.00791. The van der Waals surface area contributed by atoms with Gasteiger partial charge in [-0.05, 0) is 115 Å². The molecule has 4 atom stereocenters. The first-order valence-corrected chi connectivity index (χ1v) is 21.3. The summed E-state index contributed by atoms with van der Waals surface area (Å²) in [4.78, 5) is 59.9. The van der Waals surface area contributed by atoms with Crippen LogP contribution in [0.3, 0.4) is 0 Å². The zero-order valence-electron chi connectivity index (χ0n) is 36.2. The van der Waals surface area contributed by atoms with Crippen molar-refractivity contribution in [2.75, 3.05) is 20.8 Å². The molecule has 0 saturated heterocycles. The minimum atomic E-state index is -1.25. The number of aliphatic carboxylic acids is 1. The first-order chi connectivity index (χ1) is 31.0. The van der Waals surface area contributed by atoms with Gasteiger partial charge >= 0.3 is 24.1 Å². The summed E-state index contributed by atoms with van der Waals surface area (Å²) in [6, 6.07) is 22.1. The number of esters is 1. The molecule has 2 amide bonds. The third-order valence-corrected chi connectivity index (χ3v) is 10.6. The number of nitrogens with two attached hydrogens (primary N) is 1. The van der Waals surface area contributed by atoms with Crippen molar-refractivity contribution in [1.82, 2.24) is 10.6 Å². The second kappa shape index (κ2) is 25.3. The average Bonchev–Trinajstić information content (AvgIpc) is 3.78. The van der Waals surface area contributed by atoms with E-state index in [-0.39, 0.29) is 43.2 Å². The first-order valence-electron chi connectivity index (χ1n) is 20.6. The summed E-state index contributed by atoms with van der Waals surface area (Å²) in [6.07, 6.45) is 1.60. The fraction of sp³-hybridized carbons (Fsp3) is 0.312. The molecule has 0 bridgehead atoms. The molecule has 1 aromatic heterocycles. The number of carboxylic acids is 1. The molecule has 0 saturated carbocycles. The van der Waals surface area contributed by atoms with Gasteiger partial charge in [0.2, 0.25) is 0 Å². The van der Waals surface area contributed by atoms with Gasteiger partial charge < -0.3 is 40.1 Å². The highest BCUT2D eigenvalue weighted by Crippen LogP contribution is 2.29. The molecule has 17 heteroatoms. The summed E-state index contributed by atoms with van der Waals surface area (Å²) in [6.45, 7) is 3.81. The molecule has 65 heavy (non-hydrogen) atoms. The molecule has 0 fully saturated rings. The number of furan rings is 1. The number of methoxy groups -OCH3 is 2. The molecule has 4 aromatic carbocycles. The monoisotopic (exact) mass is 937 g/mol. The van der Waals surface area contributed by atoms with Crippen molar-refractivity contribution in [1.29, 1.82) is 0 Å². The van der Waals surface area contributed by atoms with Crippen LogP contribution in [0.25, 0.3) is 22.3 Å². The van der Waals surface area contributed by atoms with Crippen LogP contribution in [0.5, 0.6) is 0 Å². The van der Waals surface area contributed by atoms with Gasteiger partial charge in [0.1, 0.15) is 23.7 Å². The van der Waals surface area contributed by atoms with Crippen molar-refractivity contribution in [2.24, 2.45) is 11.7 Å². The Kier molecular flexibility index (Phi) is 20.0. The Morgan fingerprint density at radius 2 is 1.22 bits per heavy atom. The Hall–Kier alpha value is -6.29. The Morgan fingerprint density at radius 1 is 0.708 bits per heavy atom. The molecule has 5 aromatic rings. The maximum absolute atomic E-state index is 14.2. The van der Waals surface area contributed by atoms with E-state index in [1.165, 1.54) is 43.7 Å². The summed E-state index contributed by atoms with van der Waals surface area (Å²) < 4.78 is 47.7. The molecular formula is C48H51Cl2F2N3O10. The lowest BCUT2D eigenvalue weighted by atomic mass is 9.87. The van der Waals surface area contributed by atoms with E-state index in [0.717, 1.165) is 23.8 Å². The highest BCUT2D eigenvalue weighted by molar-refractivity contribution is 6.31. The molecule has 13 nitrogen and oxygen atoms in total. The highest BCUT2D eigenvalue weighted by Gasteiger charge is 2.28. The van der Waals surface area contributed by atoms with Gasteiger partial charge in [-0.15, -0.1) is 0 Å². The van der Waals surface area contributed by atoms with E-state index in [0.29, 0.717) is 51.6 Å². The minimum Gasteiger partial charge on any atom is -0.480 e. The molecule has 0 radical (unpaired) electrons. The number of carbonyl (C=O) groups is 5. The van der Waals surface area contributed by atoms with Crippen LogP contribution in [0.4, 0.5) is 18.4 Å². The van der Waals surface area contributed by atoms with E-state index in [4.69, 9.17) is 38.1 Å².